The third-order valence-electron chi connectivity index (χ3n) is 5.21. The Bertz CT molecular complexity index is 574. The van der Waals surface area contributed by atoms with E-state index in [1.165, 1.54) is 101 Å². The van der Waals surface area contributed by atoms with Crippen molar-refractivity contribution in [3.05, 3.63) is 29.0 Å². The number of hydrogen-bond acceptors (Lipinski definition) is 2. The Balaban J connectivity index is 1.34. The smallest absolute Gasteiger partial charge is 0.119 e. The maximum absolute atomic E-state index is 5.90. The molecule has 2 heteroatoms. The minimum Gasteiger partial charge on any atom is -0.494 e. The zero-order valence-electron chi connectivity index (χ0n) is 16.8. The van der Waals surface area contributed by atoms with Crippen molar-refractivity contribution in [1.82, 2.24) is 0 Å². The summed E-state index contributed by atoms with van der Waals surface area (Å²) in [4.78, 5) is 0. The fourth-order valence-electron chi connectivity index (χ4n) is 3.52. The maximum atomic E-state index is 5.90. The molecule has 0 aliphatic carbocycles. The van der Waals surface area contributed by atoms with Crippen LogP contribution in [0.25, 0.3) is 10.8 Å². The van der Waals surface area contributed by atoms with Crippen molar-refractivity contribution in [3.63, 3.8) is 0 Å². The molecule has 0 N–H and O–H groups in total. The van der Waals surface area contributed by atoms with Gasteiger partial charge in [0.2, 0.25) is 0 Å². The quantitative estimate of drug-likeness (QED) is 0.267. The second kappa shape index (κ2) is 14.1. The van der Waals surface area contributed by atoms with Gasteiger partial charge in [-0.3, -0.25) is 0 Å². The average Bonchev–Trinajstić information content (AvgIpc) is 3.12. The normalized spacial score (nSPS) is 11.3. The number of ether oxygens (including phenoxy) is 1. The van der Waals surface area contributed by atoms with Gasteiger partial charge < -0.3 is 4.74 Å². The number of unbranched alkanes of at least 4 members (excludes halogenated alkanes) is 13. The summed E-state index contributed by atoms with van der Waals surface area (Å²) in [7, 11) is 0. The molecule has 1 nitrogen and oxygen atoms in total. The minimum atomic E-state index is 0.855. The number of thiophene rings is 1. The van der Waals surface area contributed by atoms with Crippen LogP contribution in [0, 0.1) is 0 Å². The van der Waals surface area contributed by atoms with Gasteiger partial charge in [-0.05, 0) is 46.2 Å². The molecule has 2 rings (SSSR count). The molecule has 0 aliphatic heterocycles. The Labute approximate surface area is 165 Å². The van der Waals surface area contributed by atoms with Gasteiger partial charge in [-0.25, -0.2) is 0 Å². The molecule has 0 saturated carbocycles. The second-order valence-electron chi connectivity index (χ2n) is 7.61. The van der Waals surface area contributed by atoms with Crippen molar-refractivity contribution >= 4 is 22.1 Å². The second-order valence-corrected chi connectivity index (χ2v) is 8.35. The summed E-state index contributed by atoms with van der Waals surface area (Å²) in [5, 5.41) is 6.99. The van der Waals surface area contributed by atoms with Crippen LogP contribution in [0.2, 0.25) is 0 Å². The lowest BCUT2D eigenvalue weighted by molar-refractivity contribution is 0.304. The van der Waals surface area contributed by atoms with Crippen molar-refractivity contribution < 1.29 is 4.74 Å². The SMILES string of the molecule is CCCCCCCCCCCCCCCCOc1ccc2cscc2c1. The van der Waals surface area contributed by atoms with E-state index in [9.17, 15) is 0 Å². The number of fused-ring (bicyclic) bond motifs is 1. The number of rotatable bonds is 16. The van der Waals surface area contributed by atoms with Gasteiger partial charge in [0.1, 0.15) is 5.75 Å². The van der Waals surface area contributed by atoms with Crippen LogP contribution in [0.4, 0.5) is 0 Å². The lowest BCUT2D eigenvalue weighted by atomic mass is 10.0. The van der Waals surface area contributed by atoms with Gasteiger partial charge in [-0.15, -0.1) is 0 Å². The Hall–Kier alpha value is -1.02. The predicted octanol–water partition coefficient (Wildman–Crippen LogP) is 8.76. The largest absolute Gasteiger partial charge is 0.494 e. The first-order chi connectivity index (χ1) is 12.9. The molecule has 26 heavy (non-hydrogen) atoms. The number of benzene rings is 1. The standard InChI is InChI=1S/C24H38OS/c1-2-3-4-5-6-7-8-9-10-11-12-13-14-15-18-25-24-17-16-22-20-26-21-23(22)19-24/h16-17,19-21H,2-15,18H2,1H3. The molecule has 0 aliphatic rings. The lowest BCUT2D eigenvalue weighted by Gasteiger charge is -2.06. The predicted molar refractivity (Wildman–Crippen MR) is 118 cm³/mol. The van der Waals surface area contributed by atoms with Crippen LogP contribution in [0.5, 0.6) is 5.75 Å². The summed E-state index contributed by atoms with van der Waals surface area (Å²) in [6, 6.07) is 6.42. The van der Waals surface area contributed by atoms with Gasteiger partial charge in [0.15, 0.2) is 0 Å². The third kappa shape index (κ3) is 9.07. The van der Waals surface area contributed by atoms with Crippen LogP contribution in [0.1, 0.15) is 96.8 Å². The first-order valence-corrected chi connectivity index (χ1v) is 11.9. The molecule has 1 aromatic heterocycles. The van der Waals surface area contributed by atoms with Gasteiger partial charge in [-0.1, -0.05) is 90.4 Å². The molecular formula is C24H38OS. The maximum Gasteiger partial charge on any atom is 0.119 e. The Morgan fingerprint density at radius 3 is 1.81 bits per heavy atom. The molecule has 0 fully saturated rings. The summed E-state index contributed by atoms with van der Waals surface area (Å²) >= 11 is 1.76. The topological polar surface area (TPSA) is 9.23 Å². The molecule has 0 bridgehead atoms. The molecular weight excluding hydrogens is 336 g/mol. The molecule has 0 amide bonds. The average molecular weight is 375 g/mol. The molecule has 1 heterocycles. The third-order valence-corrected chi connectivity index (χ3v) is 5.99. The van der Waals surface area contributed by atoms with E-state index in [1.807, 2.05) is 0 Å². The first-order valence-electron chi connectivity index (χ1n) is 11.0. The highest BCUT2D eigenvalue weighted by Gasteiger charge is 1.99. The van der Waals surface area contributed by atoms with Crippen molar-refractivity contribution in [2.75, 3.05) is 6.61 Å². The molecule has 2 aromatic rings. The van der Waals surface area contributed by atoms with Crippen LogP contribution in [0.15, 0.2) is 29.0 Å². The van der Waals surface area contributed by atoms with E-state index >= 15 is 0 Å². The van der Waals surface area contributed by atoms with Gasteiger partial charge in [-0.2, -0.15) is 11.3 Å². The summed E-state index contributed by atoms with van der Waals surface area (Å²) in [6.45, 7) is 3.14. The summed E-state index contributed by atoms with van der Waals surface area (Å²) < 4.78 is 5.90. The van der Waals surface area contributed by atoms with Crippen molar-refractivity contribution in [2.24, 2.45) is 0 Å². The highest BCUT2D eigenvalue weighted by atomic mass is 32.1. The molecule has 0 radical (unpaired) electrons. The van der Waals surface area contributed by atoms with Gasteiger partial charge in [0.05, 0.1) is 6.61 Å². The van der Waals surface area contributed by atoms with E-state index in [2.05, 4.69) is 35.9 Å². The Morgan fingerprint density at radius 1 is 0.654 bits per heavy atom. The first kappa shape index (κ1) is 21.3. The Morgan fingerprint density at radius 2 is 1.19 bits per heavy atom. The van der Waals surface area contributed by atoms with Crippen LogP contribution in [-0.2, 0) is 0 Å². The van der Waals surface area contributed by atoms with E-state index in [1.54, 1.807) is 11.3 Å². The van der Waals surface area contributed by atoms with E-state index in [0.29, 0.717) is 0 Å². The monoisotopic (exact) mass is 374 g/mol. The Kier molecular flexibility index (Phi) is 11.5. The van der Waals surface area contributed by atoms with Gasteiger partial charge in [0.25, 0.3) is 0 Å². The zero-order valence-corrected chi connectivity index (χ0v) is 17.6. The molecule has 0 spiro atoms. The molecule has 0 unspecified atom stereocenters. The van der Waals surface area contributed by atoms with Crippen molar-refractivity contribution in [2.45, 2.75) is 96.8 Å². The highest BCUT2D eigenvalue weighted by Crippen LogP contribution is 2.24. The van der Waals surface area contributed by atoms with Crippen LogP contribution in [-0.4, -0.2) is 6.61 Å². The van der Waals surface area contributed by atoms with E-state index in [-0.39, 0.29) is 0 Å². The summed E-state index contributed by atoms with van der Waals surface area (Å²) in [5.74, 6) is 1.02. The van der Waals surface area contributed by atoms with Gasteiger partial charge >= 0.3 is 0 Å². The van der Waals surface area contributed by atoms with Crippen LogP contribution in [0.3, 0.4) is 0 Å². The van der Waals surface area contributed by atoms with E-state index in [4.69, 9.17) is 4.74 Å². The lowest BCUT2D eigenvalue weighted by Crippen LogP contribution is -1.97. The molecule has 0 saturated heterocycles. The van der Waals surface area contributed by atoms with Crippen molar-refractivity contribution in [3.8, 4) is 5.75 Å². The fourth-order valence-corrected chi connectivity index (χ4v) is 4.30. The molecule has 146 valence electrons. The highest BCUT2D eigenvalue weighted by molar-refractivity contribution is 7.09. The van der Waals surface area contributed by atoms with E-state index < -0.39 is 0 Å². The van der Waals surface area contributed by atoms with E-state index in [0.717, 1.165) is 12.4 Å². The minimum absolute atomic E-state index is 0.855. The molecule has 1 aromatic carbocycles. The van der Waals surface area contributed by atoms with Crippen molar-refractivity contribution in [1.29, 1.82) is 0 Å². The van der Waals surface area contributed by atoms with Crippen LogP contribution >= 0.6 is 11.3 Å². The zero-order chi connectivity index (χ0) is 18.3. The van der Waals surface area contributed by atoms with Crippen LogP contribution < -0.4 is 4.74 Å². The molecule has 0 atom stereocenters. The summed E-state index contributed by atoms with van der Waals surface area (Å²) in [5.41, 5.74) is 0. The fraction of sp³-hybridized carbons (Fsp3) is 0.667. The summed E-state index contributed by atoms with van der Waals surface area (Å²) in [6.07, 6.45) is 19.6. The number of hydrogen-bond donors (Lipinski definition) is 0. The van der Waals surface area contributed by atoms with Gasteiger partial charge in [0, 0.05) is 0 Å².